The summed E-state index contributed by atoms with van der Waals surface area (Å²) in [5.41, 5.74) is 0.855. The highest BCUT2D eigenvalue weighted by molar-refractivity contribution is 5.73. The number of furan rings is 1. The monoisotopic (exact) mass is 331 g/mol. The van der Waals surface area contributed by atoms with E-state index in [-0.39, 0.29) is 17.9 Å². The molecule has 6 heteroatoms. The van der Waals surface area contributed by atoms with E-state index in [9.17, 15) is 9.18 Å². The Kier molecular flexibility index (Phi) is 5.48. The van der Waals surface area contributed by atoms with Gasteiger partial charge in [-0.2, -0.15) is 0 Å². The Morgan fingerprint density at radius 3 is 2.58 bits per heavy atom. The van der Waals surface area contributed by atoms with Gasteiger partial charge >= 0.3 is 6.03 Å². The second kappa shape index (κ2) is 7.97. The van der Waals surface area contributed by atoms with Crippen LogP contribution in [0.15, 0.2) is 47.1 Å². The van der Waals surface area contributed by atoms with Crippen molar-refractivity contribution in [1.82, 2.24) is 15.5 Å². The molecule has 1 saturated heterocycles. The lowest BCUT2D eigenvalue weighted by molar-refractivity contribution is 0.203. The van der Waals surface area contributed by atoms with Gasteiger partial charge in [-0.3, -0.25) is 4.90 Å². The SMILES string of the molecule is O=C(NCc1ccc(F)cc1)NC[C@H](c1ccco1)N1CCCC1. The van der Waals surface area contributed by atoms with E-state index < -0.39 is 0 Å². The first-order chi connectivity index (χ1) is 11.7. The van der Waals surface area contributed by atoms with Gasteiger partial charge in [0.2, 0.25) is 0 Å². The van der Waals surface area contributed by atoms with E-state index in [0.29, 0.717) is 13.1 Å². The molecule has 2 amide bonds. The third-order valence-corrected chi connectivity index (χ3v) is 4.28. The van der Waals surface area contributed by atoms with E-state index in [0.717, 1.165) is 24.4 Å². The Morgan fingerprint density at radius 2 is 1.92 bits per heavy atom. The second-order valence-electron chi connectivity index (χ2n) is 5.96. The molecule has 0 aliphatic carbocycles. The number of nitrogens with zero attached hydrogens (tertiary/aromatic N) is 1. The molecule has 1 aliphatic rings. The van der Waals surface area contributed by atoms with Crippen LogP contribution in [-0.4, -0.2) is 30.6 Å². The number of nitrogens with one attached hydrogen (secondary N) is 2. The fourth-order valence-corrected chi connectivity index (χ4v) is 2.98. The molecule has 1 aromatic heterocycles. The number of carbonyl (C=O) groups is 1. The maximum atomic E-state index is 12.9. The smallest absolute Gasteiger partial charge is 0.315 e. The van der Waals surface area contributed by atoms with Gasteiger partial charge in [-0.15, -0.1) is 0 Å². The standard InChI is InChI=1S/C18H22FN3O2/c19-15-7-5-14(6-8-15)12-20-18(23)21-13-16(17-4-3-11-24-17)22-9-1-2-10-22/h3-8,11,16H,1-2,9-10,12-13H2,(H2,20,21,23)/t16-/m1/s1. The summed E-state index contributed by atoms with van der Waals surface area (Å²) in [5.74, 6) is 0.589. The summed E-state index contributed by atoms with van der Waals surface area (Å²) in [7, 11) is 0. The molecule has 128 valence electrons. The predicted octanol–water partition coefficient (Wildman–Crippen LogP) is 3.06. The number of hydrogen-bond donors (Lipinski definition) is 2. The van der Waals surface area contributed by atoms with E-state index in [2.05, 4.69) is 15.5 Å². The van der Waals surface area contributed by atoms with Crippen LogP contribution in [0, 0.1) is 5.82 Å². The first kappa shape index (κ1) is 16.5. The molecule has 2 N–H and O–H groups in total. The first-order valence-electron chi connectivity index (χ1n) is 8.26. The van der Waals surface area contributed by atoms with E-state index in [1.54, 1.807) is 18.4 Å². The Labute approximate surface area is 140 Å². The van der Waals surface area contributed by atoms with Crippen LogP contribution in [-0.2, 0) is 6.54 Å². The van der Waals surface area contributed by atoms with Crippen molar-refractivity contribution in [3.63, 3.8) is 0 Å². The van der Waals surface area contributed by atoms with Gasteiger partial charge < -0.3 is 15.1 Å². The van der Waals surface area contributed by atoms with Crippen molar-refractivity contribution in [3.8, 4) is 0 Å². The molecule has 1 aromatic carbocycles. The zero-order valence-electron chi connectivity index (χ0n) is 13.5. The molecule has 24 heavy (non-hydrogen) atoms. The van der Waals surface area contributed by atoms with Crippen LogP contribution in [0.25, 0.3) is 0 Å². The van der Waals surface area contributed by atoms with Gasteiger partial charge in [-0.25, -0.2) is 9.18 Å². The van der Waals surface area contributed by atoms with Crippen LogP contribution in [0.1, 0.15) is 30.2 Å². The van der Waals surface area contributed by atoms with Crippen LogP contribution in [0.2, 0.25) is 0 Å². The molecule has 0 radical (unpaired) electrons. The molecule has 1 fully saturated rings. The molecular weight excluding hydrogens is 309 g/mol. The third-order valence-electron chi connectivity index (χ3n) is 4.28. The maximum absolute atomic E-state index is 12.9. The maximum Gasteiger partial charge on any atom is 0.315 e. The van der Waals surface area contributed by atoms with Gasteiger partial charge in [0.15, 0.2) is 0 Å². The minimum atomic E-state index is -0.282. The normalized spacial score (nSPS) is 16.0. The summed E-state index contributed by atoms with van der Waals surface area (Å²) >= 11 is 0. The zero-order chi connectivity index (χ0) is 16.8. The highest BCUT2D eigenvalue weighted by atomic mass is 19.1. The molecule has 1 aliphatic heterocycles. The number of halogens is 1. The molecule has 3 rings (SSSR count). The average Bonchev–Trinajstić information content (AvgIpc) is 3.29. The highest BCUT2D eigenvalue weighted by Gasteiger charge is 2.25. The quantitative estimate of drug-likeness (QED) is 0.855. The van der Waals surface area contributed by atoms with Crippen LogP contribution in [0.3, 0.4) is 0 Å². The van der Waals surface area contributed by atoms with E-state index in [1.165, 1.54) is 25.0 Å². The van der Waals surface area contributed by atoms with Gasteiger partial charge in [-0.1, -0.05) is 12.1 Å². The summed E-state index contributed by atoms with van der Waals surface area (Å²) in [6.45, 7) is 2.89. The van der Waals surface area contributed by atoms with E-state index in [1.807, 2.05) is 12.1 Å². The molecule has 0 saturated carbocycles. The van der Waals surface area contributed by atoms with Crippen LogP contribution in [0.5, 0.6) is 0 Å². The van der Waals surface area contributed by atoms with Crippen LogP contribution < -0.4 is 10.6 Å². The number of urea groups is 1. The van der Waals surface area contributed by atoms with Crippen molar-refractivity contribution in [2.75, 3.05) is 19.6 Å². The molecule has 2 aromatic rings. The van der Waals surface area contributed by atoms with Crippen molar-refractivity contribution >= 4 is 6.03 Å². The number of carbonyl (C=O) groups excluding carboxylic acids is 1. The van der Waals surface area contributed by atoms with Gasteiger partial charge in [0.05, 0.1) is 12.3 Å². The fraction of sp³-hybridized carbons (Fsp3) is 0.389. The predicted molar refractivity (Wildman–Crippen MR) is 88.9 cm³/mol. The van der Waals surface area contributed by atoms with Gasteiger partial charge in [-0.05, 0) is 55.8 Å². The Balaban J connectivity index is 1.50. The minimum Gasteiger partial charge on any atom is -0.468 e. The number of likely N-dealkylation sites (tertiary alicyclic amines) is 1. The first-order valence-corrected chi connectivity index (χ1v) is 8.26. The molecule has 0 spiro atoms. The Hall–Kier alpha value is -2.34. The van der Waals surface area contributed by atoms with Gasteiger partial charge in [0.1, 0.15) is 11.6 Å². The second-order valence-corrected chi connectivity index (χ2v) is 5.96. The average molecular weight is 331 g/mol. The number of amides is 2. The molecule has 5 nitrogen and oxygen atoms in total. The molecule has 2 heterocycles. The number of hydrogen-bond acceptors (Lipinski definition) is 3. The van der Waals surface area contributed by atoms with Crippen molar-refractivity contribution in [2.45, 2.75) is 25.4 Å². The lowest BCUT2D eigenvalue weighted by Gasteiger charge is -2.26. The van der Waals surface area contributed by atoms with Crippen molar-refractivity contribution < 1.29 is 13.6 Å². The summed E-state index contributed by atoms with van der Waals surface area (Å²) in [5, 5.41) is 5.69. The van der Waals surface area contributed by atoms with E-state index in [4.69, 9.17) is 4.42 Å². The largest absolute Gasteiger partial charge is 0.468 e. The third kappa shape index (κ3) is 4.35. The summed E-state index contributed by atoms with van der Waals surface area (Å²) < 4.78 is 18.4. The van der Waals surface area contributed by atoms with Crippen LogP contribution in [0.4, 0.5) is 9.18 Å². The molecule has 0 unspecified atom stereocenters. The number of rotatable bonds is 6. The Bertz CT molecular complexity index is 637. The highest BCUT2D eigenvalue weighted by Crippen LogP contribution is 2.24. The molecule has 1 atom stereocenters. The van der Waals surface area contributed by atoms with Crippen molar-refractivity contribution in [1.29, 1.82) is 0 Å². The van der Waals surface area contributed by atoms with Crippen LogP contribution >= 0.6 is 0 Å². The lowest BCUT2D eigenvalue weighted by Crippen LogP contribution is -2.41. The molecule has 0 bridgehead atoms. The number of benzene rings is 1. The Morgan fingerprint density at radius 1 is 1.17 bits per heavy atom. The zero-order valence-corrected chi connectivity index (χ0v) is 13.5. The van der Waals surface area contributed by atoms with E-state index >= 15 is 0 Å². The minimum absolute atomic E-state index is 0.0547. The van der Waals surface area contributed by atoms with Crippen molar-refractivity contribution in [2.24, 2.45) is 0 Å². The van der Waals surface area contributed by atoms with Crippen molar-refractivity contribution in [3.05, 3.63) is 59.8 Å². The summed E-state index contributed by atoms with van der Waals surface area (Å²) in [6.07, 6.45) is 4.01. The van der Waals surface area contributed by atoms with Gasteiger partial charge in [0.25, 0.3) is 0 Å². The van der Waals surface area contributed by atoms with Gasteiger partial charge in [0, 0.05) is 13.1 Å². The molecular formula is C18H22FN3O2. The lowest BCUT2D eigenvalue weighted by atomic mass is 10.2. The summed E-state index contributed by atoms with van der Waals surface area (Å²) in [6, 6.07) is 9.71. The topological polar surface area (TPSA) is 57.5 Å². The fourth-order valence-electron chi connectivity index (χ4n) is 2.98. The summed E-state index contributed by atoms with van der Waals surface area (Å²) in [4.78, 5) is 14.4.